The molecule has 0 spiro atoms. The number of hydrogen-bond acceptors (Lipinski definition) is 8. The Bertz CT molecular complexity index is 1790. The van der Waals surface area contributed by atoms with Crippen LogP contribution in [0.25, 0.3) is 11.1 Å². The fourth-order valence-electron chi connectivity index (χ4n) is 5.65. The quantitative estimate of drug-likeness (QED) is 0.249. The monoisotopic (exact) mass is 658 g/mol. The van der Waals surface area contributed by atoms with Gasteiger partial charge in [0.1, 0.15) is 27.9 Å². The number of carbonyl (C=O) groups excluding carboxylic acids is 2. The molecule has 1 aliphatic heterocycles. The molecule has 0 saturated heterocycles. The fraction of sp³-hybridized carbons (Fsp3) is 0.367. The maximum atomic E-state index is 13.5. The lowest BCUT2D eigenvalue weighted by atomic mass is 9.98. The summed E-state index contributed by atoms with van der Waals surface area (Å²) in [5.41, 5.74) is 4.61. The summed E-state index contributed by atoms with van der Waals surface area (Å²) in [7, 11) is -3.19. The molecule has 0 unspecified atom stereocenters. The summed E-state index contributed by atoms with van der Waals surface area (Å²) in [4.78, 5) is 30.7. The Morgan fingerprint density at radius 2 is 1.64 bits per heavy atom. The van der Waals surface area contributed by atoms with E-state index >= 15 is 0 Å². The molecule has 1 aromatic heterocycles. The van der Waals surface area contributed by atoms with Crippen molar-refractivity contribution in [2.45, 2.75) is 33.7 Å². The Labute approximate surface area is 261 Å². The van der Waals surface area contributed by atoms with Gasteiger partial charge in [0.2, 0.25) is 5.91 Å². The first-order valence-corrected chi connectivity index (χ1v) is 17.9. The lowest BCUT2D eigenvalue weighted by Crippen LogP contribution is -2.44. The minimum Gasteiger partial charge on any atom is -0.448 e. The Balaban J connectivity index is 1.30. The van der Waals surface area contributed by atoms with E-state index in [1.165, 1.54) is 27.8 Å². The molecule has 0 radical (unpaired) electrons. The highest BCUT2D eigenvalue weighted by Gasteiger charge is 2.39. The van der Waals surface area contributed by atoms with Crippen molar-refractivity contribution in [3.63, 3.8) is 0 Å². The van der Waals surface area contributed by atoms with Crippen LogP contribution in [0.3, 0.4) is 0 Å². The van der Waals surface area contributed by atoms with Gasteiger partial charge in [0.05, 0.1) is 11.8 Å². The average Bonchev–Trinajstić information content (AvgIpc) is 3.59. The van der Waals surface area contributed by atoms with Crippen molar-refractivity contribution in [3.8, 4) is 11.1 Å². The molecule has 2 heterocycles. The highest BCUT2D eigenvalue weighted by atomic mass is 32.3. The van der Waals surface area contributed by atoms with Crippen LogP contribution in [-0.2, 0) is 29.4 Å². The molecule has 0 N–H and O–H groups in total. The minimum atomic E-state index is -4.15. The molecule has 0 fully saturated rings. The van der Waals surface area contributed by atoms with Gasteiger partial charge in [-0.05, 0) is 41.7 Å². The van der Waals surface area contributed by atoms with Gasteiger partial charge in [-0.15, -0.1) is 15.7 Å². The number of benzene rings is 2. The normalized spacial score (nSPS) is 17.0. The summed E-state index contributed by atoms with van der Waals surface area (Å²) in [5, 5.41) is 0. The van der Waals surface area contributed by atoms with E-state index in [2.05, 4.69) is 4.40 Å². The smallest absolute Gasteiger partial charge is 0.409 e. The third-order valence-electron chi connectivity index (χ3n) is 7.73. The predicted octanol–water partition coefficient (Wildman–Crippen LogP) is 3.97. The first kappa shape index (κ1) is 31.7. The third kappa shape index (κ3) is 6.10. The maximum absolute atomic E-state index is 13.5. The zero-order valence-electron chi connectivity index (χ0n) is 24.8. The molecule has 0 bridgehead atoms. The van der Waals surface area contributed by atoms with E-state index in [4.69, 9.17) is 4.74 Å². The molecule has 44 heavy (non-hydrogen) atoms. The van der Waals surface area contributed by atoms with Crippen molar-refractivity contribution in [3.05, 3.63) is 71.3 Å². The number of sulfonamides is 1. The van der Waals surface area contributed by atoms with Crippen LogP contribution in [0.15, 0.2) is 67.4 Å². The van der Waals surface area contributed by atoms with Gasteiger partial charge < -0.3 is 19.4 Å². The van der Waals surface area contributed by atoms with Crippen molar-refractivity contribution >= 4 is 49.5 Å². The van der Waals surface area contributed by atoms with Gasteiger partial charge in [-0.3, -0.25) is 4.79 Å². The van der Waals surface area contributed by atoms with Gasteiger partial charge in [0, 0.05) is 39.2 Å². The van der Waals surface area contributed by atoms with Crippen molar-refractivity contribution in [1.82, 2.24) is 14.7 Å². The molecule has 234 valence electrons. The number of carbonyl (C=O) groups is 2. The number of fused-ring (bicyclic) bond motifs is 4. The van der Waals surface area contributed by atoms with Crippen LogP contribution in [0, 0.1) is 0 Å². The van der Waals surface area contributed by atoms with Gasteiger partial charge in [-0.1, -0.05) is 48.5 Å². The van der Waals surface area contributed by atoms with Crippen molar-refractivity contribution in [2.75, 3.05) is 46.6 Å². The van der Waals surface area contributed by atoms with Crippen molar-refractivity contribution < 1.29 is 31.2 Å². The number of hydrogen-bond donors (Lipinski definition) is 0. The number of sulfone groups is 1. The van der Waals surface area contributed by atoms with Gasteiger partial charge in [-0.25, -0.2) is 13.2 Å². The molecule has 1 atom stereocenters. The highest BCUT2D eigenvalue weighted by molar-refractivity contribution is 7.95. The second kappa shape index (κ2) is 12.3. The summed E-state index contributed by atoms with van der Waals surface area (Å²) in [5.74, 6) is -0.784. The van der Waals surface area contributed by atoms with Crippen molar-refractivity contribution in [1.29, 1.82) is 0 Å². The first-order chi connectivity index (χ1) is 20.8. The highest BCUT2D eigenvalue weighted by Crippen LogP contribution is 2.45. The predicted molar refractivity (Wildman–Crippen MR) is 168 cm³/mol. The molecule has 1 aliphatic carbocycles. The number of ether oxygens (including phenoxy) is 1. The van der Waals surface area contributed by atoms with E-state index in [1.807, 2.05) is 48.5 Å². The minimum absolute atomic E-state index is 0.0801. The average molecular weight is 659 g/mol. The topological polar surface area (TPSA) is 134 Å². The molecular formula is C30H34N4O7S3. The summed E-state index contributed by atoms with van der Waals surface area (Å²) in [6, 6.07) is 16.6. The van der Waals surface area contributed by atoms with E-state index in [1.54, 1.807) is 21.0 Å². The Morgan fingerprint density at radius 1 is 1.02 bits per heavy atom. The van der Waals surface area contributed by atoms with Crippen LogP contribution in [0.2, 0.25) is 0 Å². The molecule has 2 amide bonds. The van der Waals surface area contributed by atoms with Crippen LogP contribution in [0.5, 0.6) is 0 Å². The lowest BCUT2D eigenvalue weighted by molar-refractivity contribution is -0.134. The lowest BCUT2D eigenvalue weighted by Gasteiger charge is -2.34. The van der Waals surface area contributed by atoms with Gasteiger partial charge in [-0.2, -0.15) is 8.42 Å². The standard InChI is InChI=1S/C30H34N4O7S3/c1-5-34(26-14-15-43(37,38)29-24(26)16-28(42-29)44(39,40)31-19-32(2)3)27(35)17-33(4)30(36)41-18-25-22-12-8-6-10-20(22)21-11-7-9-13-23(21)25/h6-13,16,19,25-26H,5,14-15,17-18H2,1-4H3/b31-19+/t26-/m0/s1. The van der Waals surface area contributed by atoms with E-state index in [0.29, 0.717) is 11.3 Å². The third-order valence-corrected chi connectivity index (χ3v) is 12.9. The van der Waals surface area contributed by atoms with E-state index in [9.17, 15) is 26.4 Å². The van der Waals surface area contributed by atoms with Gasteiger partial charge in [0.25, 0.3) is 10.0 Å². The van der Waals surface area contributed by atoms with Gasteiger partial charge in [0.15, 0.2) is 9.84 Å². The van der Waals surface area contributed by atoms with E-state index < -0.39 is 37.9 Å². The maximum Gasteiger partial charge on any atom is 0.409 e. The Kier molecular flexibility index (Phi) is 8.87. The summed E-state index contributed by atoms with van der Waals surface area (Å²) in [6.45, 7) is 1.78. The SMILES string of the molecule is CCN(C(=O)CN(C)C(=O)OCC1c2ccccc2-c2ccccc21)[C@H]1CCS(=O)(=O)c2sc(S(=O)(=O)/N=C/N(C)C)cc21. The molecule has 11 nitrogen and oxygen atoms in total. The molecule has 14 heteroatoms. The second-order valence-corrected chi connectivity index (χ2v) is 16.1. The molecule has 5 rings (SSSR count). The van der Waals surface area contributed by atoms with Crippen molar-refractivity contribution in [2.24, 2.45) is 4.40 Å². The molecule has 3 aromatic rings. The summed E-state index contributed by atoms with van der Waals surface area (Å²) >= 11 is 0.641. The zero-order valence-corrected chi connectivity index (χ0v) is 27.3. The number of likely N-dealkylation sites (N-methyl/N-ethyl adjacent to an activating group) is 2. The zero-order chi connectivity index (χ0) is 31.8. The van der Waals surface area contributed by atoms with Crippen LogP contribution < -0.4 is 0 Å². The fourth-order valence-corrected chi connectivity index (χ4v) is 10.3. The largest absolute Gasteiger partial charge is 0.448 e. The number of amides is 2. The Morgan fingerprint density at radius 3 is 2.23 bits per heavy atom. The van der Waals surface area contributed by atoms with Gasteiger partial charge >= 0.3 is 6.09 Å². The van der Waals surface area contributed by atoms with Crippen LogP contribution in [0.1, 0.15) is 42.0 Å². The second-order valence-electron chi connectivity index (χ2n) is 10.9. The van der Waals surface area contributed by atoms with Crippen LogP contribution >= 0.6 is 11.3 Å². The van der Waals surface area contributed by atoms with Crippen LogP contribution in [0.4, 0.5) is 4.79 Å². The number of nitrogens with zero attached hydrogens (tertiary/aromatic N) is 4. The summed E-state index contributed by atoms with van der Waals surface area (Å²) < 4.78 is 60.4. The van der Waals surface area contributed by atoms with Crippen LogP contribution in [-0.4, -0.2) is 96.5 Å². The summed E-state index contributed by atoms with van der Waals surface area (Å²) in [6.07, 6.45) is 0.563. The van der Waals surface area contributed by atoms with E-state index in [-0.39, 0.29) is 51.8 Å². The number of rotatable bonds is 9. The molecular weight excluding hydrogens is 625 g/mol. The molecule has 2 aliphatic rings. The first-order valence-electron chi connectivity index (χ1n) is 14.0. The molecule has 0 saturated carbocycles. The molecule has 2 aromatic carbocycles. The Hall–Kier alpha value is -3.75. The number of thiophene rings is 1. The van der Waals surface area contributed by atoms with E-state index in [0.717, 1.165) is 28.6 Å².